The summed E-state index contributed by atoms with van der Waals surface area (Å²) in [6.07, 6.45) is 4.02. The third kappa shape index (κ3) is 5.39. The van der Waals surface area contributed by atoms with Gasteiger partial charge in [-0.1, -0.05) is 29.8 Å². The van der Waals surface area contributed by atoms with E-state index in [1.807, 2.05) is 25.1 Å². The molecule has 0 aliphatic heterocycles. The van der Waals surface area contributed by atoms with Crippen LogP contribution >= 0.6 is 0 Å². The highest BCUT2D eigenvalue weighted by Crippen LogP contribution is 2.15. The Labute approximate surface area is 142 Å². The molecule has 2 aromatic rings. The van der Waals surface area contributed by atoms with E-state index < -0.39 is 0 Å². The van der Waals surface area contributed by atoms with Crippen molar-refractivity contribution in [1.82, 2.24) is 0 Å². The Morgan fingerprint density at radius 2 is 1.54 bits per heavy atom. The number of nitrogens with zero attached hydrogens (tertiary/aromatic N) is 2. The molecule has 0 spiro atoms. The van der Waals surface area contributed by atoms with Crippen LogP contribution < -0.4 is 0 Å². The third-order valence-corrected chi connectivity index (χ3v) is 3.43. The first kappa shape index (κ1) is 17.5. The average Bonchev–Trinajstić information content (AvgIpc) is 2.55. The number of rotatable bonds is 7. The lowest BCUT2D eigenvalue weighted by atomic mass is 10.1. The van der Waals surface area contributed by atoms with Crippen LogP contribution in [0.15, 0.2) is 70.7 Å². The van der Waals surface area contributed by atoms with Crippen LogP contribution in [0.1, 0.15) is 24.5 Å². The van der Waals surface area contributed by atoms with Gasteiger partial charge in [-0.25, -0.2) is 0 Å². The standard InChI is InChI=1S/C20H22N2O2/c1-15(2)11-18(22-13-17-8-4-6-10-20(17)24)14-21-12-16-7-3-5-9-19(16)23/h3-10,12-13,18,23-24H,1,11,14H2,2H3. The lowest BCUT2D eigenvalue weighted by Gasteiger charge is -2.10. The minimum Gasteiger partial charge on any atom is -0.507 e. The van der Waals surface area contributed by atoms with E-state index >= 15 is 0 Å². The van der Waals surface area contributed by atoms with E-state index in [1.54, 1.807) is 42.8 Å². The molecule has 0 radical (unpaired) electrons. The first-order chi connectivity index (χ1) is 11.6. The number of hydrogen-bond acceptors (Lipinski definition) is 4. The fraction of sp³-hybridized carbons (Fsp3) is 0.200. The molecular weight excluding hydrogens is 300 g/mol. The number of aliphatic imine (C=N–C) groups is 2. The van der Waals surface area contributed by atoms with Gasteiger partial charge in [0.05, 0.1) is 12.6 Å². The van der Waals surface area contributed by atoms with Crippen LogP contribution in [-0.2, 0) is 0 Å². The van der Waals surface area contributed by atoms with Crippen molar-refractivity contribution in [2.75, 3.05) is 6.54 Å². The molecule has 4 nitrogen and oxygen atoms in total. The van der Waals surface area contributed by atoms with Gasteiger partial charge in [-0.15, -0.1) is 6.58 Å². The Bertz CT molecular complexity index is 751. The summed E-state index contributed by atoms with van der Waals surface area (Å²) < 4.78 is 0. The molecule has 0 bridgehead atoms. The van der Waals surface area contributed by atoms with Gasteiger partial charge in [0.25, 0.3) is 0 Å². The van der Waals surface area contributed by atoms with Crippen molar-refractivity contribution in [2.24, 2.45) is 9.98 Å². The van der Waals surface area contributed by atoms with Gasteiger partial charge in [-0.2, -0.15) is 0 Å². The molecule has 24 heavy (non-hydrogen) atoms. The van der Waals surface area contributed by atoms with Crippen LogP contribution in [0.4, 0.5) is 0 Å². The van der Waals surface area contributed by atoms with E-state index in [9.17, 15) is 10.2 Å². The zero-order valence-corrected chi connectivity index (χ0v) is 13.8. The number of aromatic hydroxyl groups is 2. The lowest BCUT2D eigenvalue weighted by Crippen LogP contribution is -2.10. The topological polar surface area (TPSA) is 65.2 Å². The highest BCUT2D eigenvalue weighted by molar-refractivity contribution is 5.84. The van der Waals surface area contributed by atoms with Crippen LogP contribution in [0, 0.1) is 0 Å². The Morgan fingerprint density at radius 1 is 1.00 bits per heavy atom. The number of phenolic OH excluding ortho intramolecular Hbond substituents is 2. The highest BCUT2D eigenvalue weighted by atomic mass is 16.3. The van der Waals surface area contributed by atoms with E-state index in [0.29, 0.717) is 24.1 Å². The summed E-state index contributed by atoms with van der Waals surface area (Å²) in [5, 5.41) is 19.5. The molecule has 0 heterocycles. The van der Waals surface area contributed by atoms with Crippen LogP contribution in [-0.4, -0.2) is 35.2 Å². The first-order valence-electron chi connectivity index (χ1n) is 7.79. The molecule has 4 heteroatoms. The molecule has 0 saturated carbocycles. The molecular formula is C20H22N2O2. The monoisotopic (exact) mass is 322 g/mol. The fourth-order valence-corrected chi connectivity index (χ4v) is 2.22. The molecule has 124 valence electrons. The van der Waals surface area contributed by atoms with E-state index in [0.717, 1.165) is 5.57 Å². The van der Waals surface area contributed by atoms with Crippen molar-refractivity contribution in [1.29, 1.82) is 0 Å². The van der Waals surface area contributed by atoms with Gasteiger partial charge >= 0.3 is 0 Å². The zero-order valence-electron chi connectivity index (χ0n) is 13.8. The Balaban J connectivity index is 2.07. The Hall–Kier alpha value is -2.88. The van der Waals surface area contributed by atoms with Gasteiger partial charge in [-0.3, -0.25) is 9.98 Å². The Morgan fingerprint density at radius 3 is 2.08 bits per heavy atom. The summed E-state index contributed by atoms with van der Waals surface area (Å²) in [6, 6.07) is 14.0. The molecule has 0 aromatic heterocycles. The highest BCUT2D eigenvalue weighted by Gasteiger charge is 2.06. The fourth-order valence-electron chi connectivity index (χ4n) is 2.22. The van der Waals surface area contributed by atoms with Crippen LogP contribution in [0.3, 0.4) is 0 Å². The van der Waals surface area contributed by atoms with Crippen molar-refractivity contribution in [3.63, 3.8) is 0 Å². The number of para-hydroxylation sites is 2. The van der Waals surface area contributed by atoms with E-state index in [4.69, 9.17) is 0 Å². The molecule has 0 saturated heterocycles. The molecule has 0 aliphatic rings. The second-order valence-corrected chi connectivity index (χ2v) is 5.71. The molecule has 0 fully saturated rings. The second kappa shape index (κ2) is 8.67. The van der Waals surface area contributed by atoms with E-state index in [2.05, 4.69) is 16.6 Å². The van der Waals surface area contributed by atoms with Gasteiger partial charge < -0.3 is 10.2 Å². The maximum Gasteiger partial charge on any atom is 0.124 e. The van der Waals surface area contributed by atoms with Gasteiger partial charge in [0.2, 0.25) is 0 Å². The van der Waals surface area contributed by atoms with Crippen LogP contribution in [0.25, 0.3) is 0 Å². The molecule has 2 N–H and O–H groups in total. The summed E-state index contributed by atoms with van der Waals surface area (Å²) in [5.41, 5.74) is 2.37. The summed E-state index contributed by atoms with van der Waals surface area (Å²) in [7, 11) is 0. The first-order valence-corrected chi connectivity index (χ1v) is 7.79. The van der Waals surface area contributed by atoms with E-state index in [1.165, 1.54) is 0 Å². The number of phenols is 2. The van der Waals surface area contributed by atoms with Gasteiger partial charge in [0.1, 0.15) is 11.5 Å². The maximum atomic E-state index is 9.79. The van der Waals surface area contributed by atoms with Crippen molar-refractivity contribution in [2.45, 2.75) is 19.4 Å². The summed E-state index contributed by atoms with van der Waals surface area (Å²) in [5.74, 6) is 0.406. The quantitative estimate of drug-likeness (QED) is 0.598. The second-order valence-electron chi connectivity index (χ2n) is 5.71. The average molecular weight is 322 g/mol. The maximum absolute atomic E-state index is 9.79. The molecule has 2 aromatic carbocycles. The van der Waals surface area contributed by atoms with Gasteiger partial charge in [0, 0.05) is 23.6 Å². The number of benzene rings is 2. The van der Waals surface area contributed by atoms with Gasteiger partial charge in [0.15, 0.2) is 0 Å². The molecule has 0 aliphatic carbocycles. The minimum atomic E-state index is -0.0655. The number of hydrogen-bond donors (Lipinski definition) is 2. The van der Waals surface area contributed by atoms with Crippen molar-refractivity contribution >= 4 is 12.4 Å². The van der Waals surface area contributed by atoms with Crippen LogP contribution in [0.2, 0.25) is 0 Å². The summed E-state index contributed by atoms with van der Waals surface area (Å²) in [4.78, 5) is 8.91. The largest absolute Gasteiger partial charge is 0.507 e. The van der Waals surface area contributed by atoms with Crippen molar-refractivity contribution in [3.05, 3.63) is 71.8 Å². The molecule has 1 atom stereocenters. The third-order valence-electron chi connectivity index (χ3n) is 3.43. The van der Waals surface area contributed by atoms with Gasteiger partial charge in [-0.05, 0) is 37.6 Å². The molecule has 0 amide bonds. The van der Waals surface area contributed by atoms with E-state index in [-0.39, 0.29) is 17.5 Å². The minimum absolute atomic E-state index is 0.0655. The lowest BCUT2D eigenvalue weighted by molar-refractivity contribution is 0.474. The predicted octanol–water partition coefficient (Wildman–Crippen LogP) is 3.97. The predicted molar refractivity (Wildman–Crippen MR) is 99.5 cm³/mol. The zero-order chi connectivity index (χ0) is 17.4. The summed E-state index contributed by atoms with van der Waals surface area (Å²) >= 11 is 0. The van der Waals surface area contributed by atoms with Crippen molar-refractivity contribution in [3.8, 4) is 11.5 Å². The summed E-state index contributed by atoms with van der Waals surface area (Å²) in [6.45, 7) is 6.36. The SMILES string of the molecule is C=C(C)CC(CN=Cc1ccccc1O)N=Cc1ccccc1O. The normalized spacial score (nSPS) is 12.7. The van der Waals surface area contributed by atoms with Crippen molar-refractivity contribution < 1.29 is 10.2 Å². The smallest absolute Gasteiger partial charge is 0.124 e. The molecule has 1 unspecified atom stereocenters. The van der Waals surface area contributed by atoms with Crippen LogP contribution in [0.5, 0.6) is 11.5 Å². The Kier molecular flexibility index (Phi) is 6.32. The molecule has 2 rings (SSSR count).